The monoisotopic (exact) mass is 357 g/mol. The van der Waals surface area contributed by atoms with Crippen molar-refractivity contribution < 1.29 is 28.6 Å². The van der Waals surface area contributed by atoms with Gasteiger partial charge in [0.05, 0.1) is 25.3 Å². The minimum Gasteiger partial charge on any atom is -0.484 e. The van der Waals surface area contributed by atoms with Crippen LogP contribution in [0.1, 0.15) is 26.3 Å². The van der Waals surface area contributed by atoms with Crippen molar-refractivity contribution in [3.8, 4) is 5.75 Å². The van der Waals surface area contributed by atoms with E-state index in [-0.39, 0.29) is 6.61 Å². The first-order chi connectivity index (χ1) is 12.4. The van der Waals surface area contributed by atoms with Crippen molar-refractivity contribution in [2.24, 2.45) is 0 Å². The number of carbonyl (C=O) groups is 3. The molecule has 1 amide bonds. The van der Waals surface area contributed by atoms with Crippen LogP contribution >= 0.6 is 0 Å². The Morgan fingerprint density at radius 3 is 2.23 bits per heavy atom. The van der Waals surface area contributed by atoms with Gasteiger partial charge in [0.1, 0.15) is 5.75 Å². The summed E-state index contributed by atoms with van der Waals surface area (Å²) >= 11 is 0. The third-order valence-corrected chi connectivity index (χ3v) is 3.56. The quantitative estimate of drug-likeness (QED) is 0.799. The van der Waals surface area contributed by atoms with Crippen LogP contribution in [0.2, 0.25) is 0 Å². The van der Waals surface area contributed by atoms with Crippen molar-refractivity contribution >= 4 is 23.5 Å². The second kappa shape index (κ2) is 8.66. The molecule has 0 spiro atoms. The second-order valence-electron chi connectivity index (χ2n) is 5.38. The molecular formula is C19H19NO6. The lowest BCUT2D eigenvalue weighted by Crippen LogP contribution is -2.21. The molecule has 2 aromatic rings. The molecule has 0 bridgehead atoms. The van der Waals surface area contributed by atoms with E-state index in [0.717, 1.165) is 5.56 Å². The number of ether oxygens (including phenoxy) is 3. The van der Waals surface area contributed by atoms with E-state index in [1.165, 1.54) is 26.4 Å². The van der Waals surface area contributed by atoms with Crippen molar-refractivity contribution in [3.63, 3.8) is 0 Å². The number of anilines is 1. The maximum absolute atomic E-state index is 12.1. The zero-order valence-electron chi connectivity index (χ0n) is 14.7. The average Bonchev–Trinajstić information content (AvgIpc) is 2.67. The minimum atomic E-state index is -0.491. The van der Waals surface area contributed by atoms with Crippen molar-refractivity contribution in [2.75, 3.05) is 26.1 Å². The summed E-state index contributed by atoms with van der Waals surface area (Å²) in [6.45, 7) is 1.55. The Morgan fingerprint density at radius 1 is 0.923 bits per heavy atom. The Balaban J connectivity index is 2.01. The normalized spacial score (nSPS) is 9.96. The molecule has 2 aromatic carbocycles. The van der Waals surface area contributed by atoms with Crippen LogP contribution in [-0.4, -0.2) is 38.7 Å². The SMILES string of the molecule is COC(=O)c1cccc(OCC(=O)Nc2cc(C(=O)OC)ccc2C)c1. The van der Waals surface area contributed by atoms with E-state index in [0.29, 0.717) is 22.6 Å². The van der Waals surface area contributed by atoms with Gasteiger partial charge in [0.25, 0.3) is 5.91 Å². The predicted octanol–water partition coefficient (Wildman–Crippen LogP) is 2.59. The topological polar surface area (TPSA) is 90.9 Å². The Morgan fingerprint density at radius 2 is 1.58 bits per heavy atom. The highest BCUT2D eigenvalue weighted by Crippen LogP contribution is 2.18. The lowest BCUT2D eigenvalue weighted by atomic mass is 10.1. The molecular weight excluding hydrogens is 338 g/mol. The lowest BCUT2D eigenvalue weighted by Gasteiger charge is -2.11. The number of aryl methyl sites for hydroxylation is 1. The maximum Gasteiger partial charge on any atom is 0.337 e. The highest BCUT2D eigenvalue weighted by atomic mass is 16.5. The molecule has 0 saturated heterocycles. The molecule has 0 aliphatic carbocycles. The summed E-state index contributed by atoms with van der Waals surface area (Å²) in [4.78, 5) is 35.2. The van der Waals surface area contributed by atoms with Crippen molar-refractivity contribution in [1.82, 2.24) is 0 Å². The van der Waals surface area contributed by atoms with Crippen LogP contribution in [0, 0.1) is 6.92 Å². The Bertz CT molecular complexity index is 831. The molecule has 0 saturated carbocycles. The largest absolute Gasteiger partial charge is 0.484 e. The maximum atomic E-state index is 12.1. The Kier molecular flexibility index (Phi) is 6.32. The van der Waals surface area contributed by atoms with E-state index >= 15 is 0 Å². The fourth-order valence-electron chi connectivity index (χ4n) is 2.17. The summed E-state index contributed by atoms with van der Waals surface area (Å²) in [6, 6.07) is 11.2. The Hall–Kier alpha value is -3.35. The van der Waals surface area contributed by atoms with Gasteiger partial charge in [0.15, 0.2) is 6.61 Å². The summed E-state index contributed by atoms with van der Waals surface area (Å²) in [5.41, 5.74) is 1.94. The van der Waals surface area contributed by atoms with E-state index in [9.17, 15) is 14.4 Å². The lowest BCUT2D eigenvalue weighted by molar-refractivity contribution is -0.118. The Labute approximate surface area is 150 Å². The van der Waals surface area contributed by atoms with Gasteiger partial charge in [-0.25, -0.2) is 9.59 Å². The first kappa shape index (κ1) is 19.0. The highest BCUT2D eigenvalue weighted by Gasteiger charge is 2.11. The van der Waals surface area contributed by atoms with E-state index in [1.807, 2.05) is 0 Å². The van der Waals surface area contributed by atoms with Crippen LogP contribution in [0.15, 0.2) is 42.5 Å². The van der Waals surface area contributed by atoms with Gasteiger partial charge in [0, 0.05) is 5.69 Å². The standard InChI is InChI=1S/C19H19NO6/c1-12-7-8-14(19(23)25-3)10-16(12)20-17(21)11-26-15-6-4-5-13(9-15)18(22)24-2/h4-10H,11H2,1-3H3,(H,20,21). The number of hydrogen-bond donors (Lipinski definition) is 1. The molecule has 7 heteroatoms. The summed E-state index contributed by atoms with van der Waals surface area (Å²) < 4.78 is 14.7. The van der Waals surface area contributed by atoms with Gasteiger partial charge in [0.2, 0.25) is 0 Å². The molecule has 0 radical (unpaired) electrons. The second-order valence-corrected chi connectivity index (χ2v) is 5.38. The molecule has 7 nitrogen and oxygen atoms in total. The fraction of sp³-hybridized carbons (Fsp3) is 0.211. The summed E-state index contributed by atoms with van der Waals surface area (Å²) in [5, 5.41) is 2.69. The van der Waals surface area contributed by atoms with Gasteiger partial charge >= 0.3 is 11.9 Å². The van der Waals surface area contributed by atoms with Crippen molar-refractivity contribution in [1.29, 1.82) is 0 Å². The summed E-state index contributed by atoms with van der Waals surface area (Å²) in [7, 11) is 2.57. The van der Waals surface area contributed by atoms with Crippen LogP contribution < -0.4 is 10.1 Å². The summed E-state index contributed by atoms with van der Waals surface area (Å²) in [6.07, 6.45) is 0. The molecule has 1 N–H and O–H groups in total. The molecule has 26 heavy (non-hydrogen) atoms. The zero-order valence-corrected chi connectivity index (χ0v) is 14.7. The van der Waals surface area contributed by atoms with Gasteiger partial charge < -0.3 is 19.5 Å². The molecule has 0 heterocycles. The molecule has 0 aliphatic rings. The van der Waals surface area contributed by atoms with Crippen LogP contribution in [-0.2, 0) is 14.3 Å². The van der Waals surface area contributed by atoms with Gasteiger partial charge in [-0.05, 0) is 42.8 Å². The highest BCUT2D eigenvalue weighted by molar-refractivity contribution is 5.96. The van der Waals surface area contributed by atoms with E-state index < -0.39 is 17.8 Å². The number of benzene rings is 2. The predicted molar refractivity (Wildman–Crippen MR) is 94.4 cm³/mol. The number of nitrogens with one attached hydrogen (secondary N) is 1. The molecule has 0 atom stereocenters. The van der Waals surface area contributed by atoms with Crippen LogP contribution in [0.4, 0.5) is 5.69 Å². The first-order valence-corrected chi connectivity index (χ1v) is 7.74. The summed E-state index contributed by atoms with van der Waals surface area (Å²) in [5.74, 6) is -1.02. The van der Waals surface area contributed by atoms with Gasteiger partial charge in [-0.15, -0.1) is 0 Å². The molecule has 0 unspecified atom stereocenters. The van der Waals surface area contributed by atoms with Crippen LogP contribution in [0.5, 0.6) is 5.75 Å². The van der Waals surface area contributed by atoms with Crippen molar-refractivity contribution in [2.45, 2.75) is 6.92 Å². The van der Waals surface area contributed by atoms with E-state index in [4.69, 9.17) is 4.74 Å². The number of rotatable bonds is 6. The third kappa shape index (κ3) is 4.83. The fourth-order valence-corrected chi connectivity index (χ4v) is 2.17. The number of carbonyl (C=O) groups excluding carboxylic acids is 3. The van der Waals surface area contributed by atoms with Crippen LogP contribution in [0.3, 0.4) is 0 Å². The molecule has 136 valence electrons. The van der Waals surface area contributed by atoms with Gasteiger partial charge in [-0.2, -0.15) is 0 Å². The number of methoxy groups -OCH3 is 2. The molecule has 0 fully saturated rings. The van der Waals surface area contributed by atoms with Gasteiger partial charge in [-0.3, -0.25) is 4.79 Å². The van der Waals surface area contributed by atoms with Crippen molar-refractivity contribution in [3.05, 3.63) is 59.2 Å². The zero-order chi connectivity index (χ0) is 19.1. The van der Waals surface area contributed by atoms with Crippen LogP contribution in [0.25, 0.3) is 0 Å². The third-order valence-electron chi connectivity index (χ3n) is 3.56. The first-order valence-electron chi connectivity index (χ1n) is 7.74. The van der Waals surface area contributed by atoms with Gasteiger partial charge in [-0.1, -0.05) is 12.1 Å². The smallest absolute Gasteiger partial charge is 0.337 e. The number of esters is 2. The molecule has 0 aromatic heterocycles. The molecule has 2 rings (SSSR count). The average molecular weight is 357 g/mol. The van der Waals surface area contributed by atoms with E-state index in [2.05, 4.69) is 14.8 Å². The number of hydrogen-bond acceptors (Lipinski definition) is 6. The number of amides is 1. The van der Waals surface area contributed by atoms with E-state index in [1.54, 1.807) is 37.3 Å². The minimum absolute atomic E-state index is 0.257. The molecule has 0 aliphatic heterocycles.